The Bertz CT molecular complexity index is 1420. The normalized spacial score (nSPS) is 23.2. The van der Waals surface area contributed by atoms with Gasteiger partial charge in [0.2, 0.25) is 0 Å². The number of aldehydes is 1. The summed E-state index contributed by atoms with van der Waals surface area (Å²) in [4.78, 5) is 22.7. The number of carboxylic acids is 1. The van der Waals surface area contributed by atoms with Gasteiger partial charge in [0.25, 0.3) is 0 Å². The Morgan fingerprint density at radius 3 is 1.81 bits per heavy atom. The highest BCUT2D eigenvalue weighted by Crippen LogP contribution is 2.28. The molecule has 0 aromatic rings. The van der Waals surface area contributed by atoms with Crippen LogP contribution in [-0.4, -0.2) is 144 Å². The molecule has 1 aliphatic heterocycles. The summed E-state index contributed by atoms with van der Waals surface area (Å²) >= 11 is 0. The van der Waals surface area contributed by atoms with Gasteiger partial charge in [0.05, 0.1) is 60.9 Å². The monoisotopic (exact) mass is 911 g/mol. The van der Waals surface area contributed by atoms with Crippen molar-refractivity contribution in [3.8, 4) is 0 Å². The lowest BCUT2D eigenvalue weighted by Crippen LogP contribution is -2.48. The highest BCUT2D eigenvalue weighted by Gasteiger charge is 2.36. The first-order valence-electron chi connectivity index (χ1n) is 22.8. The zero-order valence-electron chi connectivity index (χ0n) is 38.9. The summed E-state index contributed by atoms with van der Waals surface area (Å²) in [5.41, 5.74) is 0. The highest BCUT2D eigenvalue weighted by molar-refractivity contribution is 5.69. The molecule has 0 spiro atoms. The van der Waals surface area contributed by atoms with Gasteiger partial charge in [0, 0.05) is 39.2 Å². The third-order valence-electron chi connectivity index (χ3n) is 10.7. The third kappa shape index (κ3) is 30.1. The Morgan fingerprint density at radius 2 is 1.27 bits per heavy atom. The van der Waals surface area contributed by atoms with Gasteiger partial charge in [-0.3, -0.25) is 4.79 Å². The molecular formula is C49H82O15. The summed E-state index contributed by atoms with van der Waals surface area (Å²) < 4.78 is 17.0. The van der Waals surface area contributed by atoms with Crippen LogP contribution in [-0.2, 0) is 23.8 Å². The van der Waals surface area contributed by atoms with Gasteiger partial charge in [-0.2, -0.15) is 0 Å². The van der Waals surface area contributed by atoms with E-state index in [2.05, 4.69) is 19.9 Å². The van der Waals surface area contributed by atoms with Crippen molar-refractivity contribution in [2.45, 2.75) is 191 Å². The van der Waals surface area contributed by atoms with Gasteiger partial charge in [-0.15, -0.1) is 0 Å². The lowest BCUT2D eigenvalue weighted by Gasteiger charge is -2.36. The molecule has 13 atom stereocenters. The number of rotatable bonds is 33. The largest absolute Gasteiger partial charge is 0.481 e. The molecule has 0 saturated carbocycles. The van der Waals surface area contributed by atoms with E-state index in [4.69, 9.17) is 14.2 Å². The van der Waals surface area contributed by atoms with Crippen molar-refractivity contribution in [2.24, 2.45) is 11.8 Å². The Labute approximate surface area is 381 Å². The number of carbonyl (C=O) groups excluding carboxylic acids is 1. The lowest BCUT2D eigenvalue weighted by molar-refractivity contribution is -0.270. The van der Waals surface area contributed by atoms with Gasteiger partial charge in [-0.05, 0) is 71.1 Å². The van der Waals surface area contributed by atoms with Crippen molar-refractivity contribution < 1.29 is 74.9 Å². The zero-order chi connectivity index (χ0) is 48.5. The van der Waals surface area contributed by atoms with Crippen molar-refractivity contribution >= 4 is 12.3 Å². The molecule has 1 heterocycles. The van der Waals surface area contributed by atoms with Crippen LogP contribution in [0.2, 0.25) is 0 Å². The van der Waals surface area contributed by atoms with E-state index >= 15 is 0 Å². The van der Waals surface area contributed by atoms with Crippen molar-refractivity contribution in [3.63, 3.8) is 0 Å². The molecule has 1 aliphatic rings. The maximum atomic E-state index is 12.2. The quantitative estimate of drug-likeness (QED) is 0.0239. The van der Waals surface area contributed by atoms with Crippen molar-refractivity contribution in [3.05, 3.63) is 85.1 Å². The molecule has 1 fully saturated rings. The van der Waals surface area contributed by atoms with E-state index in [1.165, 1.54) is 0 Å². The van der Waals surface area contributed by atoms with Crippen LogP contribution >= 0.6 is 0 Å². The fourth-order valence-electron chi connectivity index (χ4n) is 6.60. The van der Waals surface area contributed by atoms with E-state index in [1.807, 2.05) is 68.5 Å². The maximum absolute atomic E-state index is 12.2. The molecule has 368 valence electrons. The predicted octanol–water partition coefficient (Wildman–Crippen LogP) is 4.89. The molecule has 0 bridgehead atoms. The van der Waals surface area contributed by atoms with Crippen molar-refractivity contribution in [1.82, 2.24) is 0 Å². The molecule has 0 aromatic carbocycles. The minimum Gasteiger partial charge on any atom is -0.481 e. The van der Waals surface area contributed by atoms with Crippen LogP contribution in [0, 0.1) is 11.8 Å². The van der Waals surface area contributed by atoms with Crippen molar-refractivity contribution in [1.29, 1.82) is 0 Å². The number of aliphatic carboxylic acids is 1. The lowest BCUT2D eigenvalue weighted by atomic mass is 9.90. The van der Waals surface area contributed by atoms with Gasteiger partial charge in [0.1, 0.15) is 12.4 Å². The molecule has 0 radical (unpaired) electrons. The number of hydrogen-bond donors (Lipinski definition) is 10. The number of ether oxygens (including phenoxy) is 3. The van der Waals surface area contributed by atoms with Crippen LogP contribution in [0.25, 0.3) is 0 Å². The van der Waals surface area contributed by atoms with Gasteiger partial charge in [0.15, 0.2) is 12.1 Å². The summed E-state index contributed by atoms with van der Waals surface area (Å²) in [6, 6.07) is 0. The van der Waals surface area contributed by atoms with E-state index in [0.717, 1.165) is 12.8 Å². The Hall–Kier alpha value is -3.16. The second-order valence-electron chi connectivity index (χ2n) is 16.4. The maximum Gasteiger partial charge on any atom is 0.306 e. The molecule has 15 heteroatoms. The summed E-state index contributed by atoms with van der Waals surface area (Å²) in [6.45, 7) is 9.90. The Morgan fingerprint density at radius 1 is 0.703 bits per heavy atom. The van der Waals surface area contributed by atoms with Crippen LogP contribution in [0.15, 0.2) is 85.1 Å². The first-order chi connectivity index (χ1) is 30.4. The number of allylic oxidation sites excluding steroid dienone is 13. The van der Waals surface area contributed by atoms with E-state index in [0.29, 0.717) is 12.2 Å². The number of aliphatic hydroxyl groups excluding tert-OH is 7. The van der Waals surface area contributed by atoms with Gasteiger partial charge >= 0.3 is 5.97 Å². The van der Waals surface area contributed by atoms with Crippen LogP contribution in [0.5, 0.6) is 0 Å². The number of carbonyl (C=O) groups is 2. The minimum absolute atomic E-state index is 0.00114. The minimum atomic E-state index is -2.50. The fourth-order valence-corrected chi connectivity index (χ4v) is 6.60. The number of methoxy groups -OCH3 is 1. The topological polar surface area (TPSA) is 264 Å². The molecule has 0 amide bonds. The molecule has 0 aromatic heterocycles. The first-order valence-corrected chi connectivity index (χ1v) is 22.8. The molecule has 64 heavy (non-hydrogen) atoms. The summed E-state index contributed by atoms with van der Waals surface area (Å²) in [7, 11) is 1.73. The number of hydrogen-bond acceptors (Lipinski definition) is 14. The van der Waals surface area contributed by atoms with Crippen LogP contribution in [0.3, 0.4) is 0 Å². The second kappa shape index (κ2) is 36.0. The molecule has 9 unspecified atom stereocenters. The Kier molecular flexibility index (Phi) is 34.2. The molecule has 0 aliphatic carbocycles. The van der Waals surface area contributed by atoms with Crippen LogP contribution in [0.1, 0.15) is 118 Å². The zero-order valence-corrected chi connectivity index (χ0v) is 38.9. The van der Waals surface area contributed by atoms with Gasteiger partial charge < -0.3 is 70.1 Å². The second-order valence-corrected chi connectivity index (χ2v) is 16.4. The van der Waals surface area contributed by atoms with E-state index in [9.17, 15) is 60.7 Å². The summed E-state index contributed by atoms with van der Waals surface area (Å²) in [6.07, 6.45) is 16.6. The smallest absolute Gasteiger partial charge is 0.306 e. The van der Waals surface area contributed by atoms with Gasteiger partial charge in [-0.25, -0.2) is 0 Å². The first kappa shape index (κ1) is 60.8. The van der Waals surface area contributed by atoms with Crippen LogP contribution < -0.4 is 0 Å². The summed E-state index contributed by atoms with van der Waals surface area (Å²) in [5, 5.41) is 103. The van der Waals surface area contributed by atoms with E-state index in [1.54, 1.807) is 38.3 Å². The SMILES string of the molecule is CC.CO[C@@H](C)CC[C@@H](C)/C=C/C=C/C=C/C=C/C=C/C=C/C=C/C(CCC(CCC(O)(O)CC(O)CC(O)C(O)CCC(O)CC(O)CC=O)C(=O)O)OC1O[C@H](C)C(O)C[C@@H]1O. The predicted molar refractivity (Wildman–Crippen MR) is 247 cm³/mol. The number of aliphatic hydroxyl groups is 9. The summed E-state index contributed by atoms with van der Waals surface area (Å²) in [5.74, 6) is -4.28. The molecule has 1 saturated heterocycles. The third-order valence-corrected chi connectivity index (χ3v) is 10.7. The van der Waals surface area contributed by atoms with E-state index < -0.39 is 98.2 Å². The molecular weight excluding hydrogens is 829 g/mol. The Balaban J connectivity index is 0.0000195. The molecule has 10 N–H and O–H groups in total. The van der Waals surface area contributed by atoms with Crippen molar-refractivity contribution in [2.75, 3.05) is 7.11 Å². The van der Waals surface area contributed by atoms with Crippen LogP contribution in [0.4, 0.5) is 0 Å². The van der Waals surface area contributed by atoms with E-state index in [-0.39, 0.29) is 57.5 Å². The average molecular weight is 911 g/mol. The standard InChI is InChI=1S/C47H76O15.C2H6/c1-33(19-20-34(2)60-4)17-15-13-11-9-7-5-6-8-10-12-14-16-18-40(62-46-44(55)31-42(53)35(3)61-46)23-21-36(45(56)57)25-27-47(58,59)32-39(51)30-43(54)41(52)24-22-37(49)29-38(50)26-28-48;1-2/h5-18,28,33-44,46,49-55,58-59H,19-27,29-32H2,1-4H3,(H,56,57);1-2H3/b6-5+,9-7+,10-8+,13-11+,14-12+,17-15+,18-16+;/t33-,34-,35+,36?,37?,38?,39?,40?,41?,42?,43?,44-,46?;/m0./s1. The highest BCUT2D eigenvalue weighted by atomic mass is 16.7. The molecule has 15 nitrogen and oxygen atoms in total. The number of carboxylic acid groups (broad SMARTS) is 1. The fraction of sp³-hybridized carbons (Fsp3) is 0.673. The average Bonchev–Trinajstić information content (AvgIpc) is 3.23. The van der Waals surface area contributed by atoms with Gasteiger partial charge in [-0.1, -0.05) is 106 Å². The molecule has 1 rings (SSSR count).